The molecule has 4 nitrogen and oxygen atoms in total. The maximum Gasteiger partial charge on any atom is 0.277 e. The molecule has 2 aliphatic rings. The number of fused-ring (bicyclic) bond motifs is 2. The molecule has 5 rings (SSSR count). The zero-order valence-corrected chi connectivity index (χ0v) is 17.3. The van der Waals surface area contributed by atoms with Gasteiger partial charge < -0.3 is 9.47 Å². The summed E-state index contributed by atoms with van der Waals surface area (Å²) < 4.78 is 1.96. The van der Waals surface area contributed by atoms with Crippen LogP contribution in [0.15, 0.2) is 53.3 Å². The van der Waals surface area contributed by atoms with Gasteiger partial charge in [-0.25, -0.2) is 4.98 Å². The van der Waals surface area contributed by atoms with Crippen molar-refractivity contribution in [2.75, 3.05) is 13.1 Å². The van der Waals surface area contributed by atoms with Crippen LogP contribution in [0.4, 0.5) is 0 Å². The van der Waals surface area contributed by atoms with Crippen molar-refractivity contribution >= 4 is 22.6 Å². The van der Waals surface area contributed by atoms with Gasteiger partial charge in [0.1, 0.15) is 5.69 Å². The molecule has 3 aromatic rings. The Labute approximate surface area is 176 Å². The summed E-state index contributed by atoms with van der Waals surface area (Å²) in [4.78, 5) is 20.9. The van der Waals surface area contributed by atoms with Gasteiger partial charge in [0.25, 0.3) is 5.56 Å². The van der Waals surface area contributed by atoms with Gasteiger partial charge in [0, 0.05) is 23.2 Å². The Morgan fingerprint density at radius 3 is 2.69 bits per heavy atom. The molecule has 1 aromatic heterocycles. The maximum atomic E-state index is 13.6. The first-order chi connectivity index (χ1) is 14.2. The van der Waals surface area contributed by atoms with E-state index in [1.54, 1.807) is 0 Å². The van der Waals surface area contributed by atoms with Gasteiger partial charge in [0.15, 0.2) is 0 Å². The fourth-order valence-electron chi connectivity index (χ4n) is 5.21. The maximum absolute atomic E-state index is 13.6. The number of hydrogen-bond donors (Lipinski definition) is 0. The molecule has 2 unspecified atom stereocenters. The molecule has 0 amide bonds. The van der Waals surface area contributed by atoms with Gasteiger partial charge in [0.05, 0.1) is 11.0 Å². The van der Waals surface area contributed by atoms with Crippen LogP contribution in [0.2, 0.25) is 5.02 Å². The average molecular weight is 408 g/mol. The number of halogens is 1. The number of aromatic nitrogens is 2. The van der Waals surface area contributed by atoms with Gasteiger partial charge in [-0.1, -0.05) is 48.4 Å². The highest BCUT2D eigenvalue weighted by molar-refractivity contribution is 6.31. The van der Waals surface area contributed by atoms with Crippen LogP contribution in [0, 0.1) is 5.92 Å². The Balaban J connectivity index is 1.62. The molecule has 0 saturated carbocycles. The third kappa shape index (κ3) is 3.60. The fourth-order valence-corrected chi connectivity index (χ4v) is 5.38. The summed E-state index contributed by atoms with van der Waals surface area (Å²) in [5.74, 6) is 0.506. The highest BCUT2D eigenvalue weighted by Gasteiger charge is 2.33. The predicted octanol–water partition coefficient (Wildman–Crippen LogP) is 4.98. The van der Waals surface area contributed by atoms with E-state index < -0.39 is 0 Å². The highest BCUT2D eigenvalue weighted by Crippen LogP contribution is 2.32. The van der Waals surface area contributed by atoms with Crippen molar-refractivity contribution in [1.29, 1.82) is 0 Å². The zero-order valence-electron chi connectivity index (χ0n) is 16.6. The first-order valence-corrected chi connectivity index (χ1v) is 11.1. The van der Waals surface area contributed by atoms with Gasteiger partial charge in [-0.3, -0.25) is 4.79 Å². The van der Waals surface area contributed by atoms with Crippen molar-refractivity contribution in [1.82, 2.24) is 14.5 Å². The van der Waals surface area contributed by atoms with Gasteiger partial charge >= 0.3 is 0 Å². The van der Waals surface area contributed by atoms with Crippen molar-refractivity contribution < 1.29 is 0 Å². The smallest absolute Gasteiger partial charge is 0.277 e. The predicted molar refractivity (Wildman–Crippen MR) is 118 cm³/mol. The molecule has 2 atom stereocenters. The van der Waals surface area contributed by atoms with E-state index in [1.165, 1.54) is 45.2 Å². The minimum atomic E-state index is -0.000967. The average Bonchev–Trinajstić information content (AvgIpc) is 2.76. The standard InChI is InChI=1S/C24H26ClN3O/c25-19-11-12-22-20(15-19)26-23(17-7-2-1-3-8-17)24(29)28(22)16-18-9-6-14-27-13-5-4-10-21(18)27/h1-3,7-8,11-12,15,18,21H,4-6,9-10,13-14,16H2. The molecule has 3 heterocycles. The first kappa shape index (κ1) is 18.8. The molecule has 0 radical (unpaired) electrons. The lowest BCUT2D eigenvalue weighted by Gasteiger charge is -2.44. The summed E-state index contributed by atoms with van der Waals surface area (Å²) in [6.07, 6.45) is 6.26. The summed E-state index contributed by atoms with van der Waals surface area (Å²) in [7, 11) is 0. The lowest BCUT2D eigenvalue weighted by Crippen LogP contribution is -2.49. The summed E-state index contributed by atoms with van der Waals surface area (Å²) >= 11 is 6.26. The molecule has 29 heavy (non-hydrogen) atoms. The highest BCUT2D eigenvalue weighted by atomic mass is 35.5. The second-order valence-corrected chi connectivity index (χ2v) is 8.81. The lowest BCUT2D eigenvalue weighted by molar-refractivity contribution is 0.0520. The number of rotatable bonds is 3. The Hall–Kier alpha value is -2.17. The second-order valence-electron chi connectivity index (χ2n) is 8.38. The summed E-state index contributed by atoms with van der Waals surface area (Å²) in [6, 6.07) is 16.0. The van der Waals surface area contributed by atoms with Gasteiger partial charge in [0.2, 0.25) is 0 Å². The Bertz CT molecular complexity index is 1080. The van der Waals surface area contributed by atoms with E-state index in [1.807, 2.05) is 53.1 Å². The van der Waals surface area contributed by atoms with E-state index >= 15 is 0 Å². The molecule has 0 spiro atoms. The van der Waals surface area contributed by atoms with E-state index in [2.05, 4.69) is 4.90 Å². The molecule has 2 aromatic carbocycles. The topological polar surface area (TPSA) is 38.1 Å². The fraction of sp³-hybridized carbons (Fsp3) is 0.417. The van der Waals surface area contributed by atoms with Crippen molar-refractivity contribution in [2.24, 2.45) is 5.92 Å². The summed E-state index contributed by atoms with van der Waals surface area (Å²) in [5, 5.41) is 0.644. The first-order valence-electron chi connectivity index (χ1n) is 10.7. The number of piperidine rings is 2. The number of nitrogens with zero attached hydrogens (tertiary/aromatic N) is 3. The number of hydrogen-bond acceptors (Lipinski definition) is 3. The Kier molecular flexibility index (Phi) is 5.15. The molecule has 0 N–H and O–H groups in total. The Morgan fingerprint density at radius 2 is 1.83 bits per heavy atom. The van der Waals surface area contributed by atoms with Gasteiger partial charge in [-0.2, -0.15) is 0 Å². The lowest BCUT2D eigenvalue weighted by atomic mass is 9.83. The monoisotopic (exact) mass is 407 g/mol. The molecule has 2 aliphatic heterocycles. The quantitative estimate of drug-likeness (QED) is 0.614. The van der Waals surface area contributed by atoms with Crippen molar-refractivity contribution in [3.8, 4) is 11.3 Å². The molecule has 2 fully saturated rings. The van der Waals surface area contributed by atoms with Crippen LogP contribution in [0.3, 0.4) is 0 Å². The summed E-state index contributed by atoms with van der Waals surface area (Å²) in [5.41, 5.74) is 3.03. The minimum absolute atomic E-state index is 0.000967. The molecule has 0 bridgehead atoms. The molecular formula is C24H26ClN3O. The zero-order chi connectivity index (χ0) is 19.8. The van der Waals surface area contributed by atoms with E-state index in [4.69, 9.17) is 16.6 Å². The second kappa shape index (κ2) is 7.92. The van der Waals surface area contributed by atoms with Crippen molar-refractivity contribution in [3.63, 3.8) is 0 Å². The van der Waals surface area contributed by atoms with Gasteiger partial charge in [-0.15, -0.1) is 0 Å². The normalized spacial score (nSPS) is 22.5. The largest absolute Gasteiger partial charge is 0.305 e. The number of benzene rings is 2. The van der Waals surface area contributed by atoms with Crippen LogP contribution in [0.25, 0.3) is 22.3 Å². The molecule has 150 valence electrons. The van der Waals surface area contributed by atoms with Crippen LogP contribution < -0.4 is 5.56 Å². The van der Waals surface area contributed by atoms with Crippen LogP contribution in [-0.2, 0) is 6.54 Å². The van der Waals surface area contributed by atoms with Crippen LogP contribution in [-0.4, -0.2) is 33.6 Å². The SMILES string of the molecule is O=c1c(-c2ccccc2)nc2cc(Cl)ccc2n1CC1CCCN2CCCCC12. The Morgan fingerprint density at radius 1 is 1.00 bits per heavy atom. The molecule has 2 saturated heterocycles. The van der Waals surface area contributed by atoms with Crippen LogP contribution >= 0.6 is 11.6 Å². The minimum Gasteiger partial charge on any atom is -0.305 e. The third-order valence-electron chi connectivity index (χ3n) is 6.60. The molecule has 5 heteroatoms. The van der Waals surface area contributed by atoms with E-state index in [-0.39, 0.29) is 5.56 Å². The molecule has 0 aliphatic carbocycles. The van der Waals surface area contributed by atoms with E-state index in [0.717, 1.165) is 23.1 Å². The van der Waals surface area contributed by atoms with Crippen LogP contribution in [0.1, 0.15) is 32.1 Å². The van der Waals surface area contributed by atoms with Crippen molar-refractivity contribution in [2.45, 2.75) is 44.7 Å². The van der Waals surface area contributed by atoms with Crippen LogP contribution in [0.5, 0.6) is 0 Å². The molecular weight excluding hydrogens is 382 g/mol. The van der Waals surface area contributed by atoms with E-state index in [9.17, 15) is 4.79 Å². The third-order valence-corrected chi connectivity index (χ3v) is 6.84. The van der Waals surface area contributed by atoms with Gasteiger partial charge in [-0.05, 0) is 62.9 Å². The van der Waals surface area contributed by atoms with Crippen molar-refractivity contribution in [3.05, 3.63) is 63.9 Å². The van der Waals surface area contributed by atoms with E-state index in [0.29, 0.717) is 22.7 Å². The summed E-state index contributed by atoms with van der Waals surface area (Å²) in [6.45, 7) is 3.16.